The zero-order valence-corrected chi connectivity index (χ0v) is 12.3. The largest absolute Gasteiger partial charge is 0.271 e. The molecule has 0 saturated heterocycles. The topological polar surface area (TPSA) is 38.0 Å². The van der Waals surface area contributed by atoms with Crippen LogP contribution in [0.5, 0.6) is 0 Å². The predicted octanol–water partition coefficient (Wildman–Crippen LogP) is 3.45. The van der Waals surface area contributed by atoms with Crippen molar-refractivity contribution in [3.8, 4) is 11.8 Å². The highest BCUT2D eigenvalue weighted by molar-refractivity contribution is 5.22. The van der Waals surface area contributed by atoms with Gasteiger partial charge in [0.05, 0.1) is 0 Å². The van der Waals surface area contributed by atoms with Gasteiger partial charge in [-0.25, -0.2) is 0 Å². The quantitative estimate of drug-likeness (QED) is 0.446. The highest BCUT2D eigenvalue weighted by Gasteiger charge is 2.26. The Kier molecular flexibility index (Phi) is 7.25. The van der Waals surface area contributed by atoms with Crippen LogP contribution >= 0.6 is 0 Å². The summed E-state index contributed by atoms with van der Waals surface area (Å²) in [5.74, 6) is 12.9. The maximum absolute atomic E-state index is 5.79. The van der Waals surface area contributed by atoms with E-state index in [0.717, 1.165) is 19.3 Å². The highest BCUT2D eigenvalue weighted by Crippen LogP contribution is 2.31. The molecule has 0 aliphatic rings. The number of hydrazine groups is 1. The maximum Gasteiger partial charge on any atom is 0.0290 e. The Morgan fingerprint density at radius 3 is 2.47 bits per heavy atom. The molecule has 3 unspecified atom stereocenters. The van der Waals surface area contributed by atoms with Crippen LogP contribution in [-0.4, -0.2) is 6.04 Å². The Labute approximate surface area is 117 Å². The number of hydrogen-bond donors (Lipinski definition) is 2. The average Bonchev–Trinajstić information content (AvgIpc) is 2.47. The second-order valence-corrected chi connectivity index (χ2v) is 5.06. The predicted molar refractivity (Wildman–Crippen MR) is 82.4 cm³/mol. The molecule has 0 saturated carbocycles. The first kappa shape index (κ1) is 15.8. The molecule has 0 aromatic heterocycles. The summed E-state index contributed by atoms with van der Waals surface area (Å²) in [6, 6.07) is 10.9. The molecule has 1 aromatic rings. The van der Waals surface area contributed by atoms with Crippen LogP contribution in [0.25, 0.3) is 0 Å². The van der Waals surface area contributed by atoms with E-state index in [1.54, 1.807) is 0 Å². The first-order valence-electron chi connectivity index (χ1n) is 7.15. The van der Waals surface area contributed by atoms with E-state index in [9.17, 15) is 0 Å². The molecule has 2 heteroatoms. The van der Waals surface area contributed by atoms with Crippen LogP contribution in [0.3, 0.4) is 0 Å². The fourth-order valence-corrected chi connectivity index (χ4v) is 2.61. The van der Waals surface area contributed by atoms with Gasteiger partial charge >= 0.3 is 0 Å². The van der Waals surface area contributed by atoms with Crippen molar-refractivity contribution in [2.24, 2.45) is 11.8 Å². The minimum absolute atomic E-state index is 0.276. The van der Waals surface area contributed by atoms with Gasteiger partial charge in [-0.15, -0.1) is 11.8 Å². The molecule has 0 bridgehead atoms. The van der Waals surface area contributed by atoms with Crippen molar-refractivity contribution in [3.63, 3.8) is 0 Å². The lowest BCUT2D eigenvalue weighted by molar-refractivity contribution is 0.325. The van der Waals surface area contributed by atoms with Crippen molar-refractivity contribution in [2.45, 2.75) is 52.0 Å². The Morgan fingerprint density at radius 2 is 1.95 bits per heavy atom. The molecule has 0 fully saturated rings. The minimum atomic E-state index is 0.276. The van der Waals surface area contributed by atoms with Crippen LogP contribution < -0.4 is 11.3 Å². The van der Waals surface area contributed by atoms with Gasteiger partial charge in [-0.2, -0.15) is 0 Å². The summed E-state index contributed by atoms with van der Waals surface area (Å²) in [4.78, 5) is 0. The lowest BCUT2D eigenvalue weighted by atomic mass is 9.79. The Balaban J connectivity index is 2.90. The minimum Gasteiger partial charge on any atom is -0.271 e. The molecule has 2 nitrogen and oxygen atoms in total. The van der Waals surface area contributed by atoms with Crippen molar-refractivity contribution in [1.29, 1.82) is 0 Å². The van der Waals surface area contributed by atoms with E-state index in [-0.39, 0.29) is 6.04 Å². The molecule has 3 atom stereocenters. The summed E-state index contributed by atoms with van der Waals surface area (Å²) >= 11 is 0. The number of rotatable bonds is 7. The van der Waals surface area contributed by atoms with Gasteiger partial charge in [0.2, 0.25) is 0 Å². The Hall–Kier alpha value is -1.30. The van der Waals surface area contributed by atoms with Gasteiger partial charge in [-0.3, -0.25) is 11.3 Å². The molecule has 1 rings (SSSR count). The Bertz CT molecular complexity index is 402. The fourth-order valence-electron chi connectivity index (χ4n) is 2.61. The van der Waals surface area contributed by atoms with Crippen LogP contribution in [-0.2, 0) is 0 Å². The SMILES string of the molecule is CC#CCCC(NN)C(c1ccccc1)C(C)CC. The molecule has 0 spiro atoms. The second-order valence-electron chi connectivity index (χ2n) is 5.06. The molecule has 19 heavy (non-hydrogen) atoms. The van der Waals surface area contributed by atoms with Gasteiger partial charge in [-0.1, -0.05) is 50.6 Å². The van der Waals surface area contributed by atoms with Crippen molar-refractivity contribution < 1.29 is 0 Å². The van der Waals surface area contributed by atoms with Crippen molar-refractivity contribution >= 4 is 0 Å². The fraction of sp³-hybridized carbons (Fsp3) is 0.529. The maximum atomic E-state index is 5.79. The second kappa shape index (κ2) is 8.74. The third-order valence-corrected chi connectivity index (χ3v) is 3.85. The van der Waals surface area contributed by atoms with Crippen LogP contribution in [0.1, 0.15) is 51.5 Å². The number of benzene rings is 1. The van der Waals surface area contributed by atoms with Gasteiger partial charge in [0, 0.05) is 18.4 Å². The zero-order chi connectivity index (χ0) is 14.1. The van der Waals surface area contributed by atoms with E-state index < -0.39 is 0 Å². The van der Waals surface area contributed by atoms with E-state index in [1.807, 2.05) is 6.92 Å². The van der Waals surface area contributed by atoms with Crippen LogP contribution in [0.2, 0.25) is 0 Å². The zero-order valence-electron chi connectivity index (χ0n) is 12.3. The normalized spacial score (nSPS) is 15.2. The molecular formula is C17H26N2. The standard InChI is InChI=1S/C17H26N2/c1-4-6-8-13-16(19-18)17(14(3)5-2)15-11-9-7-10-12-15/h7,9-12,14,16-17,19H,5,8,13,18H2,1-3H3. The van der Waals surface area contributed by atoms with E-state index in [2.05, 4.69) is 61.4 Å². The molecular weight excluding hydrogens is 232 g/mol. The average molecular weight is 258 g/mol. The van der Waals surface area contributed by atoms with E-state index in [1.165, 1.54) is 5.56 Å². The monoisotopic (exact) mass is 258 g/mol. The summed E-state index contributed by atoms with van der Waals surface area (Å²) in [5, 5.41) is 0. The van der Waals surface area contributed by atoms with E-state index in [0.29, 0.717) is 11.8 Å². The summed E-state index contributed by atoms with van der Waals surface area (Å²) in [7, 11) is 0. The third-order valence-electron chi connectivity index (χ3n) is 3.85. The molecule has 0 heterocycles. The van der Waals surface area contributed by atoms with Gasteiger partial charge < -0.3 is 0 Å². The number of nitrogens with one attached hydrogen (secondary N) is 1. The smallest absolute Gasteiger partial charge is 0.0290 e. The Morgan fingerprint density at radius 1 is 1.26 bits per heavy atom. The first-order valence-corrected chi connectivity index (χ1v) is 7.15. The molecule has 104 valence electrons. The van der Waals surface area contributed by atoms with Gasteiger partial charge in [-0.05, 0) is 24.8 Å². The molecule has 0 radical (unpaired) electrons. The van der Waals surface area contributed by atoms with E-state index in [4.69, 9.17) is 5.84 Å². The van der Waals surface area contributed by atoms with Gasteiger partial charge in [0.1, 0.15) is 0 Å². The lowest BCUT2D eigenvalue weighted by Crippen LogP contribution is -2.41. The lowest BCUT2D eigenvalue weighted by Gasteiger charge is -2.31. The summed E-state index contributed by atoms with van der Waals surface area (Å²) in [6.07, 6.45) is 3.03. The molecule has 0 aliphatic carbocycles. The summed E-state index contributed by atoms with van der Waals surface area (Å²) in [5.41, 5.74) is 4.37. The van der Waals surface area contributed by atoms with Crippen LogP contribution in [0.4, 0.5) is 0 Å². The number of hydrogen-bond acceptors (Lipinski definition) is 2. The molecule has 0 amide bonds. The van der Waals surface area contributed by atoms with Crippen LogP contribution in [0.15, 0.2) is 30.3 Å². The van der Waals surface area contributed by atoms with Crippen LogP contribution in [0, 0.1) is 17.8 Å². The third kappa shape index (κ3) is 4.70. The summed E-state index contributed by atoms with van der Waals surface area (Å²) < 4.78 is 0. The molecule has 3 N–H and O–H groups in total. The number of nitrogens with two attached hydrogens (primary N) is 1. The van der Waals surface area contributed by atoms with Gasteiger partial charge in [0.25, 0.3) is 0 Å². The summed E-state index contributed by atoms with van der Waals surface area (Å²) in [6.45, 7) is 6.42. The molecule has 0 aliphatic heterocycles. The highest BCUT2D eigenvalue weighted by atomic mass is 15.2. The van der Waals surface area contributed by atoms with Crippen molar-refractivity contribution in [2.75, 3.05) is 0 Å². The molecule has 1 aromatic carbocycles. The van der Waals surface area contributed by atoms with Crippen molar-refractivity contribution in [3.05, 3.63) is 35.9 Å². The van der Waals surface area contributed by atoms with E-state index >= 15 is 0 Å². The van der Waals surface area contributed by atoms with Crippen molar-refractivity contribution in [1.82, 2.24) is 5.43 Å². The first-order chi connectivity index (χ1) is 9.24. The van der Waals surface area contributed by atoms with Gasteiger partial charge in [0.15, 0.2) is 0 Å².